The number of carbonyl (C=O) groups excluding carboxylic acids is 2. The SMILES string of the molecule is C.C.C.C.CC(=O)CC(O)C(C)=O.O.O.O=C(O)CC(O)C(=O)O. The number of carboxylic acids is 2. The van der Waals surface area contributed by atoms with E-state index in [1.54, 1.807) is 0 Å². The van der Waals surface area contributed by atoms with Gasteiger partial charge in [0.2, 0.25) is 0 Å². The number of aliphatic hydroxyl groups excluding tert-OH is 2. The standard InChI is InChI=1S/C6H10O3.C4H6O5.4CH4.2H2O/c1-4(7)3-6(9)5(2)8;5-2(4(8)9)1-3(6)7;;;;;;/h6,9H,3H2,1-2H3;2,5H,1H2,(H,6,7)(H,8,9);4*1H4;2*1H2. The van der Waals surface area contributed by atoms with Crippen LogP contribution in [0, 0.1) is 0 Å². The molecule has 0 aliphatic heterocycles. The number of hydrogen-bond donors (Lipinski definition) is 4. The predicted octanol–water partition coefficient (Wildman–Crippen LogP) is -0.283. The lowest BCUT2D eigenvalue weighted by atomic mass is 10.1. The molecule has 0 saturated carbocycles. The van der Waals surface area contributed by atoms with E-state index in [1.807, 2.05) is 0 Å². The van der Waals surface area contributed by atoms with Gasteiger partial charge in [-0.25, -0.2) is 4.79 Å². The third-order valence-electron chi connectivity index (χ3n) is 1.60. The Balaban J connectivity index is -0.0000000284. The van der Waals surface area contributed by atoms with Crippen molar-refractivity contribution in [3.63, 3.8) is 0 Å². The van der Waals surface area contributed by atoms with Gasteiger partial charge in [0.1, 0.15) is 11.9 Å². The highest BCUT2D eigenvalue weighted by Crippen LogP contribution is 1.92. The highest BCUT2D eigenvalue weighted by Gasteiger charge is 2.16. The van der Waals surface area contributed by atoms with Gasteiger partial charge in [0, 0.05) is 6.42 Å². The van der Waals surface area contributed by atoms with Gasteiger partial charge in [-0.05, 0) is 13.8 Å². The highest BCUT2D eigenvalue weighted by molar-refractivity contribution is 5.86. The van der Waals surface area contributed by atoms with Crippen molar-refractivity contribution < 1.29 is 50.6 Å². The van der Waals surface area contributed by atoms with E-state index in [4.69, 9.17) is 20.4 Å². The smallest absolute Gasteiger partial charge is 0.333 e. The van der Waals surface area contributed by atoms with Gasteiger partial charge in [0.15, 0.2) is 11.9 Å². The molecule has 0 spiro atoms. The van der Waals surface area contributed by atoms with Crippen molar-refractivity contribution in [3.05, 3.63) is 0 Å². The van der Waals surface area contributed by atoms with Crippen molar-refractivity contribution in [2.75, 3.05) is 0 Å². The lowest BCUT2D eigenvalue weighted by Crippen LogP contribution is -2.22. The highest BCUT2D eigenvalue weighted by atomic mass is 16.4. The second-order valence-corrected chi connectivity index (χ2v) is 3.48. The largest absolute Gasteiger partial charge is 0.481 e. The van der Waals surface area contributed by atoms with E-state index >= 15 is 0 Å². The Morgan fingerprint density at radius 2 is 1.08 bits per heavy atom. The molecule has 0 fully saturated rings. The van der Waals surface area contributed by atoms with Crippen molar-refractivity contribution in [1.82, 2.24) is 0 Å². The number of aliphatic carboxylic acids is 2. The van der Waals surface area contributed by atoms with Crippen LogP contribution in [0.1, 0.15) is 56.4 Å². The minimum absolute atomic E-state index is 0. The average Bonchev–Trinajstić information content (AvgIpc) is 2.16. The zero-order valence-corrected chi connectivity index (χ0v) is 11.0. The summed E-state index contributed by atoms with van der Waals surface area (Å²) in [6.07, 6.45) is -3.70. The second kappa shape index (κ2) is 26.0. The fourth-order valence-electron chi connectivity index (χ4n) is 0.669. The average molecular weight is 364 g/mol. The van der Waals surface area contributed by atoms with Crippen LogP contribution in [0.15, 0.2) is 0 Å². The van der Waals surface area contributed by atoms with Gasteiger partial charge in [-0.1, -0.05) is 29.7 Å². The molecule has 0 rings (SSSR count). The van der Waals surface area contributed by atoms with Gasteiger partial charge in [-0.3, -0.25) is 14.4 Å². The summed E-state index contributed by atoms with van der Waals surface area (Å²) in [5.41, 5.74) is 0. The Morgan fingerprint density at radius 3 is 1.17 bits per heavy atom. The summed E-state index contributed by atoms with van der Waals surface area (Å²) in [4.78, 5) is 39.9. The summed E-state index contributed by atoms with van der Waals surface area (Å²) in [5.74, 6) is -3.37. The molecule has 152 valence electrons. The summed E-state index contributed by atoms with van der Waals surface area (Å²) in [6.45, 7) is 2.60. The number of ketones is 2. The third-order valence-corrected chi connectivity index (χ3v) is 1.60. The van der Waals surface area contributed by atoms with Crippen molar-refractivity contribution in [1.29, 1.82) is 0 Å². The number of carboxylic acid groups (broad SMARTS) is 2. The summed E-state index contributed by atoms with van der Waals surface area (Å²) in [7, 11) is 0. The maximum Gasteiger partial charge on any atom is 0.333 e. The van der Waals surface area contributed by atoms with E-state index in [-0.39, 0.29) is 58.6 Å². The molecule has 0 aromatic carbocycles. The molecule has 2 atom stereocenters. The van der Waals surface area contributed by atoms with E-state index < -0.39 is 30.6 Å². The van der Waals surface area contributed by atoms with Crippen LogP contribution < -0.4 is 0 Å². The van der Waals surface area contributed by atoms with Gasteiger partial charge < -0.3 is 31.4 Å². The lowest BCUT2D eigenvalue weighted by Gasteiger charge is -2.00. The Labute approximate surface area is 143 Å². The first kappa shape index (κ1) is 49.5. The maximum absolute atomic E-state index is 10.3. The van der Waals surface area contributed by atoms with Gasteiger partial charge in [-0.15, -0.1) is 0 Å². The molecule has 0 radical (unpaired) electrons. The van der Waals surface area contributed by atoms with Gasteiger partial charge in [0.25, 0.3) is 0 Å². The van der Waals surface area contributed by atoms with Gasteiger partial charge in [-0.2, -0.15) is 0 Å². The maximum atomic E-state index is 10.3. The van der Waals surface area contributed by atoms with Crippen LogP contribution >= 0.6 is 0 Å². The molecule has 0 heterocycles. The van der Waals surface area contributed by atoms with E-state index in [0.717, 1.165) is 0 Å². The zero-order chi connectivity index (χ0) is 14.9. The summed E-state index contributed by atoms with van der Waals surface area (Å²) in [5, 5.41) is 32.9. The van der Waals surface area contributed by atoms with Crippen LogP contribution in [-0.2, 0) is 19.2 Å². The third kappa shape index (κ3) is 36.9. The number of Topliss-reactive ketones (excluding diaryl/α,β-unsaturated/α-hetero) is 2. The molecular formula is C14H36O10. The number of rotatable bonds is 6. The molecule has 0 aromatic heterocycles. The van der Waals surface area contributed by atoms with Crippen LogP contribution in [0.4, 0.5) is 0 Å². The fraction of sp³-hybridized carbons (Fsp3) is 0.714. The Kier molecular flexibility index (Phi) is 53.7. The van der Waals surface area contributed by atoms with E-state index in [2.05, 4.69) is 0 Å². The van der Waals surface area contributed by atoms with Crippen molar-refractivity contribution >= 4 is 23.5 Å². The van der Waals surface area contributed by atoms with Crippen molar-refractivity contribution in [2.45, 2.75) is 68.6 Å². The van der Waals surface area contributed by atoms with Crippen LogP contribution in [0.3, 0.4) is 0 Å². The van der Waals surface area contributed by atoms with Crippen LogP contribution in [0.25, 0.3) is 0 Å². The molecule has 24 heavy (non-hydrogen) atoms. The minimum Gasteiger partial charge on any atom is -0.481 e. The summed E-state index contributed by atoms with van der Waals surface area (Å²) >= 11 is 0. The molecule has 0 aliphatic carbocycles. The topological polar surface area (TPSA) is 212 Å². The first-order valence-corrected chi connectivity index (χ1v) is 4.88. The molecular weight excluding hydrogens is 328 g/mol. The summed E-state index contributed by atoms with van der Waals surface area (Å²) in [6, 6.07) is 0. The second-order valence-electron chi connectivity index (χ2n) is 3.48. The molecule has 0 bridgehead atoms. The summed E-state index contributed by atoms with van der Waals surface area (Å²) < 4.78 is 0. The lowest BCUT2D eigenvalue weighted by molar-refractivity contribution is -0.152. The zero-order valence-electron chi connectivity index (χ0n) is 11.0. The number of carbonyl (C=O) groups is 4. The van der Waals surface area contributed by atoms with Crippen LogP contribution in [-0.4, -0.2) is 67.1 Å². The Morgan fingerprint density at radius 1 is 0.750 bits per heavy atom. The predicted molar refractivity (Wildman–Crippen MR) is 92.0 cm³/mol. The van der Waals surface area contributed by atoms with E-state index in [0.29, 0.717) is 0 Å². The van der Waals surface area contributed by atoms with Crippen molar-refractivity contribution in [3.8, 4) is 0 Å². The first-order chi connectivity index (χ1) is 8.07. The van der Waals surface area contributed by atoms with Gasteiger partial charge >= 0.3 is 11.9 Å². The number of aliphatic hydroxyl groups is 2. The Bertz CT molecular complexity index is 296. The molecule has 0 amide bonds. The molecule has 0 aromatic rings. The molecule has 10 heteroatoms. The Hall–Kier alpha value is -1.88. The molecule has 2 unspecified atom stereocenters. The van der Waals surface area contributed by atoms with E-state index in [1.165, 1.54) is 13.8 Å². The fourth-order valence-corrected chi connectivity index (χ4v) is 0.669. The number of hydrogen-bond acceptors (Lipinski definition) is 6. The molecule has 8 N–H and O–H groups in total. The molecule has 10 nitrogen and oxygen atoms in total. The van der Waals surface area contributed by atoms with Gasteiger partial charge in [0.05, 0.1) is 6.42 Å². The molecule has 0 aliphatic rings. The van der Waals surface area contributed by atoms with Crippen LogP contribution in [0.2, 0.25) is 0 Å². The minimum atomic E-state index is -1.79. The van der Waals surface area contributed by atoms with Crippen molar-refractivity contribution in [2.24, 2.45) is 0 Å². The van der Waals surface area contributed by atoms with E-state index in [9.17, 15) is 19.2 Å². The molecule has 0 saturated heterocycles. The van der Waals surface area contributed by atoms with Crippen LogP contribution in [0.5, 0.6) is 0 Å². The first-order valence-electron chi connectivity index (χ1n) is 4.88. The monoisotopic (exact) mass is 364 g/mol. The normalized spacial score (nSPS) is 9.50. The quantitative estimate of drug-likeness (QED) is 0.490.